The van der Waals surface area contributed by atoms with Crippen molar-refractivity contribution in [1.82, 2.24) is 20.5 Å². The molecule has 2 aromatic carbocycles. The van der Waals surface area contributed by atoms with E-state index in [0.717, 1.165) is 12.0 Å². The standard InChI is InChI=1S/C30H40N4O7S/c1-22(2)21-23-6-8-24(9-7-23)28-31-27(41-33-28)5-4-19-40-25-10-12-26(13-11-25)42(37,38)30(29(35)32-36)14-16-34(17-15-30)18-20-39-3/h6-13,22,36H,4-5,14-21H2,1-3H3,(H,32,35). The molecule has 1 saturated heterocycles. The van der Waals surface area contributed by atoms with E-state index in [1.54, 1.807) is 24.7 Å². The van der Waals surface area contributed by atoms with Crippen LogP contribution in [0.2, 0.25) is 0 Å². The number of hydroxylamine groups is 1. The molecule has 2 N–H and O–H groups in total. The Morgan fingerprint density at radius 3 is 2.40 bits per heavy atom. The molecule has 0 atom stereocenters. The minimum Gasteiger partial charge on any atom is -0.494 e. The highest BCUT2D eigenvalue weighted by atomic mass is 32.2. The molecular weight excluding hydrogens is 560 g/mol. The van der Waals surface area contributed by atoms with E-state index in [2.05, 4.69) is 36.1 Å². The highest BCUT2D eigenvalue weighted by Crippen LogP contribution is 2.36. The maximum atomic E-state index is 13.6. The number of ether oxygens (including phenoxy) is 2. The first-order chi connectivity index (χ1) is 20.2. The highest BCUT2D eigenvalue weighted by molar-refractivity contribution is 7.93. The van der Waals surface area contributed by atoms with Crippen LogP contribution in [0.25, 0.3) is 11.4 Å². The minimum absolute atomic E-state index is 0.000538. The first-order valence-corrected chi connectivity index (χ1v) is 15.7. The van der Waals surface area contributed by atoms with Gasteiger partial charge < -0.3 is 18.9 Å². The molecule has 0 aliphatic carbocycles. The van der Waals surface area contributed by atoms with Gasteiger partial charge in [0.1, 0.15) is 5.75 Å². The van der Waals surface area contributed by atoms with Crippen LogP contribution in [0, 0.1) is 5.92 Å². The zero-order chi connectivity index (χ0) is 30.2. The number of aromatic nitrogens is 2. The second kappa shape index (κ2) is 14.2. The summed E-state index contributed by atoms with van der Waals surface area (Å²) < 4.78 is 41.8. The summed E-state index contributed by atoms with van der Waals surface area (Å²) in [5, 5.41) is 13.5. The Hall–Kier alpha value is -3.32. The first kappa shape index (κ1) is 31.6. The minimum atomic E-state index is -4.10. The van der Waals surface area contributed by atoms with Gasteiger partial charge in [-0.15, -0.1) is 0 Å². The number of nitrogens with one attached hydrogen (secondary N) is 1. The van der Waals surface area contributed by atoms with Gasteiger partial charge in [-0.3, -0.25) is 10.0 Å². The van der Waals surface area contributed by atoms with E-state index in [1.807, 2.05) is 17.0 Å². The number of nitrogens with zero attached hydrogens (tertiary/aromatic N) is 3. The van der Waals surface area contributed by atoms with E-state index >= 15 is 0 Å². The van der Waals surface area contributed by atoms with Gasteiger partial charge in [-0.1, -0.05) is 43.3 Å². The zero-order valence-electron chi connectivity index (χ0n) is 24.4. The lowest BCUT2D eigenvalue weighted by atomic mass is 9.95. The summed E-state index contributed by atoms with van der Waals surface area (Å²) >= 11 is 0. The van der Waals surface area contributed by atoms with Gasteiger partial charge in [0.05, 0.1) is 18.1 Å². The van der Waals surface area contributed by atoms with E-state index in [0.29, 0.717) is 69.1 Å². The number of hydrogen-bond donors (Lipinski definition) is 2. The number of piperidine rings is 1. The number of likely N-dealkylation sites (tertiary alicyclic amines) is 1. The molecule has 42 heavy (non-hydrogen) atoms. The Morgan fingerprint density at radius 2 is 1.79 bits per heavy atom. The van der Waals surface area contributed by atoms with Gasteiger partial charge in [-0.2, -0.15) is 4.98 Å². The number of aryl methyl sites for hydroxylation is 1. The molecule has 228 valence electrons. The molecular formula is C30H40N4O7S. The molecule has 3 aromatic rings. The summed E-state index contributed by atoms with van der Waals surface area (Å²) in [4.78, 5) is 19.2. The van der Waals surface area contributed by atoms with Crippen LogP contribution in [0.1, 0.15) is 44.6 Å². The average Bonchev–Trinajstić information content (AvgIpc) is 3.47. The van der Waals surface area contributed by atoms with E-state index in [-0.39, 0.29) is 17.7 Å². The Labute approximate surface area is 247 Å². The zero-order valence-corrected chi connectivity index (χ0v) is 25.2. The van der Waals surface area contributed by atoms with Crippen molar-refractivity contribution in [2.45, 2.75) is 55.6 Å². The lowest BCUT2D eigenvalue weighted by molar-refractivity contribution is -0.133. The smallest absolute Gasteiger partial charge is 0.265 e. The molecule has 1 fully saturated rings. The lowest BCUT2D eigenvalue weighted by Crippen LogP contribution is -2.57. The average molecular weight is 601 g/mol. The molecule has 2 heterocycles. The third-order valence-corrected chi connectivity index (χ3v) is 10.1. The number of hydrogen-bond acceptors (Lipinski definition) is 10. The van der Waals surface area contributed by atoms with Crippen LogP contribution in [-0.4, -0.2) is 79.3 Å². The van der Waals surface area contributed by atoms with Crippen LogP contribution in [0.3, 0.4) is 0 Å². The second-order valence-electron chi connectivity index (χ2n) is 11.0. The number of amides is 1. The van der Waals surface area contributed by atoms with Gasteiger partial charge in [0.2, 0.25) is 11.7 Å². The van der Waals surface area contributed by atoms with E-state index in [9.17, 15) is 18.4 Å². The quantitative estimate of drug-likeness (QED) is 0.160. The van der Waals surface area contributed by atoms with Gasteiger partial charge in [0.25, 0.3) is 5.91 Å². The number of carbonyl (C=O) groups is 1. The second-order valence-corrected chi connectivity index (χ2v) is 13.3. The van der Waals surface area contributed by atoms with Gasteiger partial charge in [-0.05, 0) is 61.4 Å². The fourth-order valence-corrected chi connectivity index (χ4v) is 7.12. The van der Waals surface area contributed by atoms with E-state index in [4.69, 9.17) is 14.0 Å². The van der Waals surface area contributed by atoms with Crippen LogP contribution in [-0.2, 0) is 32.2 Å². The molecule has 1 aromatic heterocycles. The topological polar surface area (TPSA) is 144 Å². The Bertz CT molecular complexity index is 1400. The third-order valence-electron chi connectivity index (χ3n) is 7.57. The molecule has 0 radical (unpaired) electrons. The van der Waals surface area contributed by atoms with Gasteiger partial charge >= 0.3 is 0 Å². The van der Waals surface area contributed by atoms with Crippen molar-refractivity contribution in [2.75, 3.05) is 40.0 Å². The van der Waals surface area contributed by atoms with Crippen molar-refractivity contribution in [3.8, 4) is 17.1 Å². The number of carbonyl (C=O) groups excluding carboxylic acids is 1. The molecule has 1 amide bonds. The van der Waals surface area contributed by atoms with Crippen molar-refractivity contribution in [2.24, 2.45) is 5.92 Å². The largest absolute Gasteiger partial charge is 0.494 e. The van der Waals surface area contributed by atoms with Crippen LogP contribution in [0.5, 0.6) is 5.75 Å². The van der Waals surface area contributed by atoms with Crippen molar-refractivity contribution < 1.29 is 32.4 Å². The maximum Gasteiger partial charge on any atom is 0.265 e. The first-order valence-electron chi connectivity index (χ1n) is 14.2. The van der Waals surface area contributed by atoms with Crippen LogP contribution in [0.15, 0.2) is 57.9 Å². The molecule has 0 bridgehead atoms. The van der Waals surface area contributed by atoms with Crippen molar-refractivity contribution in [3.63, 3.8) is 0 Å². The molecule has 4 rings (SSSR count). The predicted molar refractivity (Wildman–Crippen MR) is 156 cm³/mol. The Balaban J connectivity index is 1.31. The number of sulfone groups is 1. The molecule has 0 spiro atoms. The summed E-state index contributed by atoms with van der Waals surface area (Å²) in [6, 6.07) is 14.2. The molecule has 11 nitrogen and oxygen atoms in total. The Kier molecular flexibility index (Phi) is 10.7. The van der Waals surface area contributed by atoms with E-state index in [1.165, 1.54) is 17.7 Å². The monoisotopic (exact) mass is 600 g/mol. The van der Waals surface area contributed by atoms with Crippen LogP contribution in [0.4, 0.5) is 0 Å². The summed E-state index contributed by atoms with van der Waals surface area (Å²) in [7, 11) is -2.50. The number of rotatable bonds is 14. The summed E-state index contributed by atoms with van der Waals surface area (Å²) in [6.07, 6.45) is 2.29. The van der Waals surface area contributed by atoms with Crippen LogP contribution >= 0.6 is 0 Å². The summed E-state index contributed by atoms with van der Waals surface area (Å²) in [5.41, 5.74) is 3.76. The molecule has 1 aliphatic rings. The van der Waals surface area contributed by atoms with Gasteiger partial charge in [-0.25, -0.2) is 13.9 Å². The number of methoxy groups -OCH3 is 1. The third kappa shape index (κ3) is 7.35. The van der Waals surface area contributed by atoms with Gasteiger partial charge in [0.15, 0.2) is 14.6 Å². The van der Waals surface area contributed by atoms with Crippen molar-refractivity contribution >= 4 is 15.7 Å². The fourth-order valence-electron chi connectivity index (χ4n) is 5.17. The molecule has 1 aliphatic heterocycles. The Morgan fingerprint density at radius 1 is 1.10 bits per heavy atom. The highest BCUT2D eigenvalue weighted by Gasteiger charge is 2.52. The lowest BCUT2D eigenvalue weighted by Gasteiger charge is -2.39. The van der Waals surface area contributed by atoms with Gasteiger partial charge in [0, 0.05) is 38.7 Å². The predicted octanol–water partition coefficient (Wildman–Crippen LogP) is 3.71. The SMILES string of the molecule is COCCN1CCC(C(=O)NO)(S(=O)(=O)c2ccc(OCCCc3nc(-c4ccc(CC(C)C)cc4)no3)cc2)CC1. The number of benzene rings is 2. The summed E-state index contributed by atoms with van der Waals surface area (Å²) in [5.74, 6) is 1.24. The normalized spacial score (nSPS) is 15.5. The maximum absolute atomic E-state index is 13.6. The van der Waals surface area contributed by atoms with Crippen LogP contribution < -0.4 is 10.2 Å². The molecule has 12 heteroatoms. The fraction of sp³-hybridized carbons (Fsp3) is 0.500. The van der Waals surface area contributed by atoms with E-state index < -0.39 is 20.5 Å². The summed E-state index contributed by atoms with van der Waals surface area (Å²) in [6.45, 7) is 6.68. The molecule has 0 unspecified atom stereocenters. The van der Waals surface area contributed by atoms with Crippen molar-refractivity contribution in [1.29, 1.82) is 0 Å². The molecule has 0 saturated carbocycles. The van der Waals surface area contributed by atoms with Crippen molar-refractivity contribution in [3.05, 3.63) is 60.0 Å².